The van der Waals surface area contributed by atoms with Crippen LogP contribution >= 0.6 is 0 Å². The number of hydrazine groups is 1. The molecule has 154 valence electrons. The molecule has 8 nitrogen and oxygen atoms in total. The minimum Gasteiger partial charge on any atom is -0.493 e. The minimum absolute atomic E-state index is 0.314. The standard InChI is InChI=1S/C21H24N2O6/c1-5-29-17-10-8-15(13-19(17)28-4)21(25)23-22-20(24)11-7-14-6-9-16(26-2)18(12-14)27-3/h6-13H,5H2,1-4H3,(H,22,24)(H,23,25)/b11-7+. The zero-order valence-electron chi connectivity index (χ0n) is 16.8. The van der Waals surface area contributed by atoms with Crippen LogP contribution in [0.15, 0.2) is 42.5 Å². The molecule has 2 rings (SSSR count). The predicted octanol–water partition coefficient (Wildman–Crippen LogP) is 2.59. The van der Waals surface area contributed by atoms with Gasteiger partial charge in [0.25, 0.3) is 11.8 Å². The fraction of sp³-hybridized carbons (Fsp3) is 0.238. The molecular formula is C21H24N2O6. The molecule has 0 aliphatic heterocycles. The summed E-state index contributed by atoms with van der Waals surface area (Å²) in [6.45, 7) is 2.33. The zero-order chi connectivity index (χ0) is 21.2. The monoisotopic (exact) mass is 400 g/mol. The molecule has 0 spiro atoms. The van der Waals surface area contributed by atoms with Crippen LogP contribution in [0.5, 0.6) is 23.0 Å². The Kier molecular flexibility index (Phi) is 7.90. The van der Waals surface area contributed by atoms with E-state index in [9.17, 15) is 9.59 Å². The van der Waals surface area contributed by atoms with Gasteiger partial charge < -0.3 is 18.9 Å². The van der Waals surface area contributed by atoms with Gasteiger partial charge in [0.2, 0.25) is 0 Å². The summed E-state index contributed by atoms with van der Waals surface area (Å²) in [4.78, 5) is 24.2. The van der Waals surface area contributed by atoms with Gasteiger partial charge in [0, 0.05) is 11.6 Å². The van der Waals surface area contributed by atoms with E-state index in [0.717, 1.165) is 5.56 Å². The lowest BCUT2D eigenvalue weighted by atomic mass is 10.2. The van der Waals surface area contributed by atoms with Crippen LogP contribution < -0.4 is 29.8 Å². The largest absolute Gasteiger partial charge is 0.493 e. The molecule has 0 aliphatic rings. The van der Waals surface area contributed by atoms with E-state index in [2.05, 4.69) is 10.9 Å². The molecule has 0 aromatic heterocycles. The van der Waals surface area contributed by atoms with Crippen LogP contribution in [0.3, 0.4) is 0 Å². The van der Waals surface area contributed by atoms with Gasteiger partial charge in [0.15, 0.2) is 23.0 Å². The van der Waals surface area contributed by atoms with Crippen LogP contribution in [0.4, 0.5) is 0 Å². The van der Waals surface area contributed by atoms with Crippen molar-refractivity contribution in [3.63, 3.8) is 0 Å². The summed E-state index contributed by atoms with van der Waals surface area (Å²) in [6, 6.07) is 9.98. The Balaban J connectivity index is 1.96. The van der Waals surface area contributed by atoms with Gasteiger partial charge in [-0.25, -0.2) is 0 Å². The van der Waals surface area contributed by atoms with Gasteiger partial charge >= 0.3 is 0 Å². The maximum absolute atomic E-state index is 12.2. The quantitative estimate of drug-likeness (QED) is 0.522. The van der Waals surface area contributed by atoms with E-state index < -0.39 is 11.8 Å². The third-order valence-corrected chi connectivity index (χ3v) is 3.86. The van der Waals surface area contributed by atoms with Crippen molar-refractivity contribution >= 4 is 17.9 Å². The van der Waals surface area contributed by atoms with E-state index in [4.69, 9.17) is 18.9 Å². The Labute approximate surface area is 169 Å². The number of nitrogens with one attached hydrogen (secondary N) is 2. The zero-order valence-corrected chi connectivity index (χ0v) is 16.8. The maximum Gasteiger partial charge on any atom is 0.269 e. The van der Waals surface area contributed by atoms with E-state index in [1.807, 2.05) is 6.92 Å². The number of amides is 2. The molecule has 0 unspecified atom stereocenters. The summed E-state index contributed by atoms with van der Waals surface area (Å²) in [7, 11) is 4.56. The van der Waals surface area contributed by atoms with Gasteiger partial charge in [0.05, 0.1) is 27.9 Å². The van der Waals surface area contributed by atoms with E-state index in [0.29, 0.717) is 35.2 Å². The van der Waals surface area contributed by atoms with Crippen molar-refractivity contribution in [3.8, 4) is 23.0 Å². The normalized spacial score (nSPS) is 10.3. The molecule has 8 heteroatoms. The Hall–Kier alpha value is -3.68. The third kappa shape index (κ3) is 5.90. The lowest BCUT2D eigenvalue weighted by Crippen LogP contribution is -2.40. The lowest BCUT2D eigenvalue weighted by Gasteiger charge is -2.11. The third-order valence-electron chi connectivity index (χ3n) is 3.86. The van der Waals surface area contributed by atoms with Gasteiger partial charge in [-0.15, -0.1) is 0 Å². The smallest absolute Gasteiger partial charge is 0.269 e. The van der Waals surface area contributed by atoms with Crippen LogP contribution in [-0.2, 0) is 4.79 Å². The second-order valence-electron chi connectivity index (χ2n) is 5.69. The molecule has 0 bridgehead atoms. The number of carbonyl (C=O) groups is 2. The Bertz CT molecular complexity index is 895. The highest BCUT2D eigenvalue weighted by molar-refractivity contribution is 5.98. The van der Waals surface area contributed by atoms with Crippen LogP contribution in [0.1, 0.15) is 22.8 Å². The van der Waals surface area contributed by atoms with Gasteiger partial charge in [-0.05, 0) is 48.9 Å². The van der Waals surface area contributed by atoms with Gasteiger partial charge in [0.1, 0.15) is 0 Å². The number of benzene rings is 2. The summed E-state index contributed by atoms with van der Waals surface area (Å²) >= 11 is 0. The Morgan fingerprint density at radius 2 is 1.52 bits per heavy atom. The summed E-state index contributed by atoms with van der Waals surface area (Å²) in [5.74, 6) is 1.12. The summed E-state index contributed by atoms with van der Waals surface area (Å²) in [5, 5.41) is 0. The lowest BCUT2D eigenvalue weighted by molar-refractivity contribution is -0.117. The number of ether oxygens (including phenoxy) is 4. The van der Waals surface area contributed by atoms with Crippen LogP contribution in [0.2, 0.25) is 0 Å². The van der Waals surface area contributed by atoms with E-state index in [1.54, 1.807) is 43.5 Å². The molecule has 2 N–H and O–H groups in total. The Morgan fingerprint density at radius 3 is 2.17 bits per heavy atom. The molecule has 2 aromatic rings. The molecule has 0 saturated carbocycles. The summed E-state index contributed by atoms with van der Waals surface area (Å²) in [5.41, 5.74) is 5.72. The van der Waals surface area contributed by atoms with E-state index in [1.165, 1.54) is 26.4 Å². The summed E-state index contributed by atoms with van der Waals surface area (Å²) < 4.78 is 21.0. The molecule has 29 heavy (non-hydrogen) atoms. The average Bonchev–Trinajstić information content (AvgIpc) is 2.76. The van der Waals surface area contributed by atoms with Crippen molar-refractivity contribution in [1.29, 1.82) is 0 Å². The first-order valence-corrected chi connectivity index (χ1v) is 8.83. The van der Waals surface area contributed by atoms with Crippen molar-refractivity contribution in [2.45, 2.75) is 6.92 Å². The molecular weight excluding hydrogens is 376 g/mol. The number of hydrogen-bond acceptors (Lipinski definition) is 6. The van der Waals surface area contributed by atoms with Gasteiger partial charge in [-0.1, -0.05) is 6.07 Å². The highest BCUT2D eigenvalue weighted by Crippen LogP contribution is 2.28. The molecule has 0 atom stereocenters. The second kappa shape index (κ2) is 10.6. The highest BCUT2D eigenvalue weighted by atomic mass is 16.5. The number of hydrogen-bond donors (Lipinski definition) is 2. The van der Waals surface area contributed by atoms with Crippen LogP contribution in [-0.4, -0.2) is 39.8 Å². The maximum atomic E-state index is 12.2. The van der Waals surface area contributed by atoms with Crippen LogP contribution in [0.25, 0.3) is 6.08 Å². The number of rotatable bonds is 8. The molecule has 2 amide bonds. The second-order valence-corrected chi connectivity index (χ2v) is 5.69. The topological polar surface area (TPSA) is 95.1 Å². The SMILES string of the molecule is CCOc1ccc(C(=O)NNC(=O)/C=C/c2ccc(OC)c(OC)c2)cc1OC. The molecule has 0 aliphatic carbocycles. The molecule has 0 fully saturated rings. The molecule has 2 aromatic carbocycles. The van der Waals surface area contributed by atoms with Crippen molar-refractivity contribution in [2.24, 2.45) is 0 Å². The molecule has 0 radical (unpaired) electrons. The molecule has 0 saturated heterocycles. The Morgan fingerprint density at radius 1 is 0.862 bits per heavy atom. The van der Waals surface area contributed by atoms with E-state index >= 15 is 0 Å². The summed E-state index contributed by atoms with van der Waals surface area (Å²) in [6.07, 6.45) is 2.88. The van der Waals surface area contributed by atoms with E-state index in [-0.39, 0.29) is 0 Å². The highest BCUT2D eigenvalue weighted by Gasteiger charge is 2.11. The first kappa shape index (κ1) is 21.6. The van der Waals surface area contributed by atoms with Gasteiger partial charge in [-0.3, -0.25) is 20.4 Å². The fourth-order valence-electron chi connectivity index (χ4n) is 2.44. The first-order chi connectivity index (χ1) is 14.0. The molecule has 0 heterocycles. The first-order valence-electron chi connectivity index (χ1n) is 8.83. The predicted molar refractivity (Wildman–Crippen MR) is 108 cm³/mol. The van der Waals surface area contributed by atoms with Crippen LogP contribution in [0, 0.1) is 0 Å². The van der Waals surface area contributed by atoms with Crippen molar-refractivity contribution in [2.75, 3.05) is 27.9 Å². The minimum atomic E-state index is -0.494. The van der Waals surface area contributed by atoms with Gasteiger partial charge in [-0.2, -0.15) is 0 Å². The van der Waals surface area contributed by atoms with Crippen molar-refractivity contribution < 1.29 is 28.5 Å². The number of methoxy groups -OCH3 is 3. The van der Waals surface area contributed by atoms with Crippen molar-refractivity contribution in [1.82, 2.24) is 10.9 Å². The fourth-order valence-corrected chi connectivity index (χ4v) is 2.44. The number of carbonyl (C=O) groups excluding carboxylic acids is 2. The van der Waals surface area contributed by atoms with Crippen molar-refractivity contribution in [3.05, 3.63) is 53.6 Å². The average molecular weight is 400 g/mol.